The van der Waals surface area contributed by atoms with Gasteiger partial charge in [0, 0.05) is 13.1 Å². The van der Waals surface area contributed by atoms with Crippen molar-refractivity contribution >= 4 is 15.9 Å². The number of ether oxygens (including phenoxy) is 1. The number of carbonyl (C=O) groups is 1. The van der Waals surface area contributed by atoms with Crippen LogP contribution < -0.4 is 4.72 Å². The van der Waals surface area contributed by atoms with Crippen LogP contribution in [0.4, 0.5) is 4.39 Å². The number of fused-ring (bicyclic) bond motifs is 1. The number of nitrogens with one attached hydrogen (secondary N) is 1. The van der Waals surface area contributed by atoms with E-state index in [1.165, 1.54) is 5.56 Å². The summed E-state index contributed by atoms with van der Waals surface area (Å²) in [4.78, 5) is 14.5. The van der Waals surface area contributed by atoms with Crippen molar-refractivity contribution < 1.29 is 27.4 Å². The second kappa shape index (κ2) is 9.50. The maximum absolute atomic E-state index is 13.1. The Labute approximate surface area is 186 Å². The summed E-state index contributed by atoms with van der Waals surface area (Å²) in [7, 11) is -3.94. The molecule has 9 heteroatoms. The van der Waals surface area contributed by atoms with E-state index in [0.717, 1.165) is 36.2 Å². The minimum atomic E-state index is -3.94. The molecule has 0 aliphatic carbocycles. The lowest BCUT2D eigenvalue weighted by Crippen LogP contribution is -2.49. The van der Waals surface area contributed by atoms with Crippen molar-refractivity contribution in [3.8, 4) is 0 Å². The zero-order valence-electron chi connectivity index (χ0n) is 17.4. The van der Waals surface area contributed by atoms with E-state index < -0.39 is 40.7 Å². The molecular weight excluding hydrogens is 435 g/mol. The minimum Gasteiger partial charge on any atom is -0.394 e. The van der Waals surface area contributed by atoms with Crippen molar-refractivity contribution in [2.24, 2.45) is 0 Å². The van der Waals surface area contributed by atoms with Crippen molar-refractivity contribution in [1.82, 2.24) is 9.62 Å². The van der Waals surface area contributed by atoms with Gasteiger partial charge in [-0.15, -0.1) is 0 Å². The molecular formula is C23H25FN2O5S. The molecule has 4 rings (SSSR count). The fraction of sp³-hybridized carbons (Fsp3) is 0.348. The first kappa shape index (κ1) is 22.6. The molecule has 1 amide bonds. The molecule has 2 aliphatic rings. The molecule has 2 heterocycles. The molecule has 0 radical (unpaired) electrons. The van der Waals surface area contributed by atoms with Crippen LogP contribution in [-0.2, 0) is 32.5 Å². The Kier molecular flexibility index (Phi) is 6.71. The zero-order valence-corrected chi connectivity index (χ0v) is 18.2. The van der Waals surface area contributed by atoms with Gasteiger partial charge in [-0.25, -0.2) is 17.5 Å². The van der Waals surface area contributed by atoms with Gasteiger partial charge < -0.3 is 14.7 Å². The Morgan fingerprint density at radius 3 is 2.56 bits per heavy atom. The topological polar surface area (TPSA) is 95.9 Å². The zero-order chi connectivity index (χ0) is 22.7. The van der Waals surface area contributed by atoms with E-state index in [1.54, 1.807) is 17.1 Å². The first-order valence-corrected chi connectivity index (χ1v) is 11.9. The highest BCUT2D eigenvalue weighted by Gasteiger charge is 2.32. The Bertz CT molecular complexity index is 1100. The predicted molar refractivity (Wildman–Crippen MR) is 116 cm³/mol. The molecule has 2 aliphatic heterocycles. The molecule has 170 valence electrons. The summed E-state index contributed by atoms with van der Waals surface area (Å²) in [6.45, 7) is 0.757. The van der Waals surface area contributed by atoms with Crippen molar-refractivity contribution in [2.45, 2.75) is 42.5 Å². The highest BCUT2D eigenvalue weighted by atomic mass is 32.2. The Hall–Kier alpha value is -2.59. The van der Waals surface area contributed by atoms with E-state index in [9.17, 15) is 22.7 Å². The quantitative estimate of drug-likeness (QED) is 0.641. The van der Waals surface area contributed by atoms with Crippen LogP contribution in [0.5, 0.6) is 0 Å². The lowest BCUT2D eigenvalue weighted by Gasteiger charge is -2.33. The summed E-state index contributed by atoms with van der Waals surface area (Å²) in [5.41, 5.74) is 2.39. The van der Waals surface area contributed by atoms with E-state index in [0.29, 0.717) is 13.1 Å². The van der Waals surface area contributed by atoms with E-state index >= 15 is 0 Å². The lowest BCUT2D eigenvalue weighted by molar-refractivity contribution is -0.136. The molecule has 0 saturated heterocycles. The summed E-state index contributed by atoms with van der Waals surface area (Å²) in [5.74, 6) is -0.598. The minimum absolute atomic E-state index is 0.0591. The number of rotatable bonds is 6. The van der Waals surface area contributed by atoms with Crippen LogP contribution in [0.2, 0.25) is 0 Å². The average molecular weight is 461 g/mol. The molecule has 0 aromatic heterocycles. The molecule has 0 spiro atoms. The Morgan fingerprint density at radius 2 is 1.84 bits per heavy atom. The third kappa shape index (κ3) is 5.07. The van der Waals surface area contributed by atoms with Crippen LogP contribution in [0.25, 0.3) is 0 Å². The fourth-order valence-electron chi connectivity index (χ4n) is 3.98. The third-order valence-corrected chi connectivity index (χ3v) is 7.21. The predicted octanol–water partition coefficient (Wildman–Crippen LogP) is 1.76. The summed E-state index contributed by atoms with van der Waals surface area (Å²) in [5, 5.41) is 9.74. The number of benzene rings is 2. The number of aliphatic hydroxyl groups excluding tert-OH is 1. The molecule has 2 aromatic rings. The number of amides is 1. The molecule has 2 aromatic carbocycles. The van der Waals surface area contributed by atoms with Crippen LogP contribution in [0.3, 0.4) is 0 Å². The van der Waals surface area contributed by atoms with Crippen molar-refractivity contribution in [2.75, 3.05) is 13.2 Å². The molecule has 0 fully saturated rings. The molecule has 0 unspecified atom stereocenters. The van der Waals surface area contributed by atoms with Gasteiger partial charge in [-0.3, -0.25) is 4.79 Å². The maximum Gasteiger partial charge on any atom is 0.241 e. The van der Waals surface area contributed by atoms with E-state index in [2.05, 4.69) is 10.8 Å². The van der Waals surface area contributed by atoms with Gasteiger partial charge in [0.1, 0.15) is 11.9 Å². The van der Waals surface area contributed by atoms with Gasteiger partial charge in [-0.1, -0.05) is 36.4 Å². The summed E-state index contributed by atoms with van der Waals surface area (Å²) < 4.78 is 46.5. The maximum atomic E-state index is 13.1. The number of aliphatic hydroxyl groups is 1. The fourth-order valence-corrected chi connectivity index (χ4v) is 5.20. The van der Waals surface area contributed by atoms with E-state index in [-0.39, 0.29) is 17.2 Å². The lowest BCUT2D eigenvalue weighted by atomic mass is 9.99. The van der Waals surface area contributed by atoms with Gasteiger partial charge in [0.2, 0.25) is 15.9 Å². The van der Waals surface area contributed by atoms with Crippen LogP contribution in [-0.4, -0.2) is 55.7 Å². The largest absolute Gasteiger partial charge is 0.394 e. The molecule has 0 saturated carbocycles. The van der Waals surface area contributed by atoms with Crippen molar-refractivity contribution in [3.63, 3.8) is 0 Å². The molecule has 2 N–H and O–H groups in total. The first-order chi connectivity index (χ1) is 15.4. The number of nitrogens with zero attached hydrogens (tertiary/aromatic N) is 1. The SMILES string of the molecule is O=C(C[C@@H]1C=C[C@H](NS(=O)(=O)c2ccc(F)cc2)[C@H](CO)O1)N1CCc2ccccc2C1. The van der Waals surface area contributed by atoms with Gasteiger partial charge in [0.25, 0.3) is 0 Å². The van der Waals surface area contributed by atoms with Crippen LogP contribution in [0, 0.1) is 5.82 Å². The van der Waals surface area contributed by atoms with Gasteiger partial charge >= 0.3 is 0 Å². The summed E-state index contributed by atoms with van der Waals surface area (Å²) in [6.07, 6.45) is 2.72. The number of carbonyl (C=O) groups excluding carboxylic acids is 1. The van der Waals surface area contributed by atoms with Gasteiger partial charge in [0.05, 0.1) is 30.1 Å². The second-order valence-corrected chi connectivity index (χ2v) is 9.63. The Balaban J connectivity index is 1.39. The molecule has 0 bridgehead atoms. The third-order valence-electron chi connectivity index (χ3n) is 5.74. The monoisotopic (exact) mass is 460 g/mol. The standard InChI is InChI=1S/C23H25FN2O5S/c24-18-5-8-20(9-6-18)32(29,30)25-21-10-7-19(31-22(21)15-27)13-23(28)26-12-11-16-3-1-2-4-17(16)14-26/h1-10,19,21-22,25,27H,11-15H2/t19-,21-,22-/m0/s1. The van der Waals surface area contributed by atoms with E-state index in [1.807, 2.05) is 18.2 Å². The van der Waals surface area contributed by atoms with Crippen LogP contribution in [0.15, 0.2) is 65.6 Å². The molecule has 7 nitrogen and oxygen atoms in total. The number of halogens is 1. The number of sulfonamides is 1. The van der Waals surface area contributed by atoms with Crippen molar-refractivity contribution in [1.29, 1.82) is 0 Å². The van der Waals surface area contributed by atoms with Gasteiger partial charge in [0.15, 0.2) is 0 Å². The normalized spacial score (nSPS) is 23.1. The van der Waals surface area contributed by atoms with Crippen LogP contribution >= 0.6 is 0 Å². The number of hydrogen-bond donors (Lipinski definition) is 2. The summed E-state index contributed by atoms with van der Waals surface area (Å²) in [6, 6.07) is 11.7. The first-order valence-electron chi connectivity index (χ1n) is 10.4. The van der Waals surface area contributed by atoms with Gasteiger partial charge in [-0.2, -0.15) is 0 Å². The highest BCUT2D eigenvalue weighted by Crippen LogP contribution is 2.22. The van der Waals surface area contributed by atoms with Crippen LogP contribution in [0.1, 0.15) is 17.5 Å². The van der Waals surface area contributed by atoms with Gasteiger partial charge in [-0.05, 0) is 41.8 Å². The second-order valence-electron chi connectivity index (χ2n) is 7.92. The summed E-state index contributed by atoms with van der Waals surface area (Å²) >= 11 is 0. The molecule has 32 heavy (non-hydrogen) atoms. The smallest absolute Gasteiger partial charge is 0.241 e. The number of hydrogen-bond acceptors (Lipinski definition) is 5. The van der Waals surface area contributed by atoms with E-state index in [4.69, 9.17) is 4.74 Å². The van der Waals surface area contributed by atoms with Crippen molar-refractivity contribution in [3.05, 3.63) is 77.6 Å². The molecule has 3 atom stereocenters. The highest BCUT2D eigenvalue weighted by molar-refractivity contribution is 7.89. The Morgan fingerprint density at radius 1 is 1.12 bits per heavy atom. The average Bonchev–Trinajstić information content (AvgIpc) is 2.79.